The molecule has 1 aliphatic rings. The zero-order valence-corrected chi connectivity index (χ0v) is 11.6. The zero-order valence-electron chi connectivity index (χ0n) is 10.0. The third-order valence-electron chi connectivity index (χ3n) is 2.89. The first-order chi connectivity index (χ1) is 7.31. The van der Waals surface area contributed by atoms with E-state index in [1.165, 1.54) is 0 Å². The van der Waals surface area contributed by atoms with Crippen molar-refractivity contribution in [3.8, 4) is 0 Å². The molecule has 0 spiro atoms. The summed E-state index contributed by atoms with van der Waals surface area (Å²) in [6.45, 7) is 4.84. The van der Waals surface area contributed by atoms with Gasteiger partial charge in [0.15, 0.2) is 0 Å². The maximum Gasteiger partial charge on any atom is 0.133 e. The highest BCUT2D eigenvalue weighted by molar-refractivity contribution is 5.85. The van der Waals surface area contributed by atoms with E-state index in [0.717, 1.165) is 37.6 Å². The first-order valence-electron chi connectivity index (χ1n) is 5.38. The molecule has 0 aliphatic carbocycles. The van der Waals surface area contributed by atoms with Gasteiger partial charge in [0, 0.05) is 44.5 Å². The number of hydrogen-bond acceptors (Lipinski definition) is 4. The molecule has 4 nitrogen and oxygen atoms in total. The fourth-order valence-corrected chi connectivity index (χ4v) is 1.89. The van der Waals surface area contributed by atoms with E-state index in [1.807, 2.05) is 12.3 Å². The minimum atomic E-state index is 0. The maximum absolute atomic E-state index is 5.71. The van der Waals surface area contributed by atoms with Gasteiger partial charge in [-0.15, -0.1) is 24.8 Å². The molecule has 2 N–H and O–H groups in total. The Balaban J connectivity index is 0.00000128. The second-order valence-electron chi connectivity index (χ2n) is 3.98. The van der Waals surface area contributed by atoms with Gasteiger partial charge in [-0.25, -0.2) is 4.98 Å². The number of hydrogen-bond donors (Lipinski definition) is 1. The first-order valence-corrected chi connectivity index (χ1v) is 5.38. The van der Waals surface area contributed by atoms with Crippen molar-refractivity contribution in [3.63, 3.8) is 0 Å². The van der Waals surface area contributed by atoms with Gasteiger partial charge >= 0.3 is 0 Å². The molecule has 17 heavy (non-hydrogen) atoms. The lowest BCUT2D eigenvalue weighted by atomic mass is 10.2. The van der Waals surface area contributed by atoms with Gasteiger partial charge in [-0.3, -0.25) is 0 Å². The second-order valence-corrected chi connectivity index (χ2v) is 3.98. The molecule has 2 heterocycles. The quantitative estimate of drug-likeness (QED) is 0.881. The van der Waals surface area contributed by atoms with Crippen molar-refractivity contribution in [2.24, 2.45) is 5.73 Å². The van der Waals surface area contributed by atoms with Gasteiger partial charge in [-0.2, -0.15) is 0 Å². The average Bonchev–Trinajstić information content (AvgIpc) is 2.30. The van der Waals surface area contributed by atoms with Crippen LogP contribution in [0.3, 0.4) is 0 Å². The molecule has 1 aromatic heterocycles. The van der Waals surface area contributed by atoms with Crippen molar-refractivity contribution in [1.29, 1.82) is 0 Å². The molecule has 0 bridgehead atoms. The molecule has 1 aromatic rings. The Morgan fingerprint density at radius 1 is 1.24 bits per heavy atom. The number of likely N-dealkylation sites (N-methyl/N-ethyl adjacent to an activating group) is 1. The highest BCUT2D eigenvalue weighted by atomic mass is 35.5. The SMILES string of the molecule is CN1CCN(c2ncccc2CN)CC1.Cl.Cl. The molecule has 2 rings (SSSR count). The van der Waals surface area contributed by atoms with E-state index in [1.54, 1.807) is 0 Å². The lowest BCUT2D eigenvalue weighted by Gasteiger charge is -2.34. The van der Waals surface area contributed by atoms with Crippen molar-refractivity contribution >= 4 is 30.6 Å². The molecule has 1 aliphatic heterocycles. The number of aromatic nitrogens is 1. The van der Waals surface area contributed by atoms with Gasteiger partial charge in [-0.1, -0.05) is 6.07 Å². The lowest BCUT2D eigenvalue weighted by Crippen LogP contribution is -2.45. The topological polar surface area (TPSA) is 45.4 Å². The van der Waals surface area contributed by atoms with Crippen LogP contribution in [0.5, 0.6) is 0 Å². The highest BCUT2D eigenvalue weighted by Crippen LogP contribution is 2.17. The van der Waals surface area contributed by atoms with Crippen molar-refractivity contribution in [2.45, 2.75) is 6.54 Å². The molecule has 98 valence electrons. The fourth-order valence-electron chi connectivity index (χ4n) is 1.89. The van der Waals surface area contributed by atoms with E-state index in [4.69, 9.17) is 5.73 Å². The Hall–Kier alpha value is -0.550. The molecule has 1 fully saturated rings. The molecule has 0 atom stereocenters. The summed E-state index contributed by atoms with van der Waals surface area (Å²) in [6, 6.07) is 4.00. The summed E-state index contributed by atoms with van der Waals surface area (Å²) < 4.78 is 0. The molecular weight excluding hydrogens is 259 g/mol. The van der Waals surface area contributed by atoms with E-state index in [-0.39, 0.29) is 24.8 Å². The van der Waals surface area contributed by atoms with E-state index in [2.05, 4.69) is 27.9 Å². The number of anilines is 1. The van der Waals surface area contributed by atoms with Crippen molar-refractivity contribution in [3.05, 3.63) is 23.9 Å². The molecule has 1 saturated heterocycles. The van der Waals surface area contributed by atoms with Crippen LogP contribution >= 0.6 is 24.8 Å². The molecule has 0 unspecified atom stereocenters. The summed E-state index contributed by atoms with van der Waals surface area (Å²) >= 11 is 0. The minimum absolute atomic E-state index is 0. The van der Waals surface area contributed by atoms with Crippen LogP contribution in [0.15, 0.2) is 18.3 Å². The molecule has 0 amide bonds. The van der Waals surface area contributed by atoms with E-state index < -0.39 is 0 Å². The predicted octanol–water partition coefficient (Wildman–Crippen LogP) is 1.14. The minimum Gasteiger partial charge on any atom is -0.354 e. The Morgan fingerprint density at radius 2 is 1.88 bits per heavy atom. The first kappa shape index (κ1) is 16.4. The van der Waals surface area contributed by atoms with Crippen LogP contribution in [0.4, 0.5) is 5.82 Å². The number of nitrogens with zero attached hydrogens (tertiary/aromatic N) is 3. The third kappa shape index (κ3) is 4.00. The number of pyridine rings is 1. The second kappa shape index (κ2) is 7.71. The standard InChI is InChI=1S/C11H18N4.2ClH/c1-14-5-7-15(8-6-14)11-10(9-12)3-2-4-13-11;;/h2-4H,5-9,12H2,1H3;2*1H. The van der Waals surface area contributed by atoms with Crippen LogP contribution in [0, 0.1) is 0 Å². The Bertz CT molecular complexity index is 327. The summed E-state index contributed by atoms with van der Waals surface area (Å²) in [5, 5.41) is 0. The van der Waals surface area contributed by atoms with Crippen molar-refractivity contribution in [2.75, 3.05) is 38.1 Å². The smallest absolute Gasteiger partial charge is 0.133 e. The number of nitrogens with two attached hydrogens (primary N) is 1. The Kier molecular flexibility index (Phi) is 7.46. The zero-order chi connectivity index (χ0) is 10.7. The summed E-state index contributed by atoms with van der Waals surface area (Å²) in [5.74, 6) is 1.06. The van der Waals surface area contributed by atoms with Crippen LogP contribution in [0.2, 0.25) is 0 Å². The largest absolute Gasteiger partial charge is 0.354 e. The molecule has 0 aromatic carbocycles. The van der Waals surface area contributed by atoms with Gasteiger partial charge in [0.05, 0.1) is 0 Å². The van der Waals surface area contributed by atoms with Crippen molar-refractivity contribution < 1.29 is 0 Å². The molecule has 0 saturated carbocycles. The van der Waals surface area contributed by atoms with Gasteiger partial charge < -0.3 is 15.5 Å². The van der Waals surface area contributed by atoms with Crippen LogP contribution in [0.25, 0.3) is 0 Å². The fraction of sp³-hybridized carbons (Fsp3) is 0.545. The number of halogens is 2. The highest BCUT2D eigenvalue weighted by Gasteiger charge is 2.16. The van der Waals surface area contributed by atoms with Gasteiger partial charge in [-0.05, 0) is 13.1 Å². The number of rotatable bonds is 2. The Labute approximate surface area is 115 Å². The van der Waals surface area contributed by atoms with E-state index >= 15 is 0 Å². The molecular formula is C11H20Cl2N4. The third-order valence-corrected chi connectivity index (χ3v) is 2.89. The summed E-state index contributed by atoms with van der Waals surface area (Å²) in [4.78, 5) is 9.08. The van der Waals surface area contributed by atoms with Gasteiger partial charge in [0.2, 0.25) is 0 Å². The average molecular weight is 279 g/mol. The van der Waals surface area contributed by atoms with E-state index in [0.29, 0.717) is 6.54 Å². The maximum atomic E-state index is 5.71. The van der Waals surface area contributed by atoms with E-state index in [9.17, 15) is 0 Å². The van der Waals surface area contributed by atoms with Crippen LogP contribution in [-0.4, -0.2) is 43.1 Å². The van der Waals surface area contributed by atoms with Crippen LogP contribution in [0.1, 0.15) is 5.56 Å². The van der Waals surface area contributed by atoms with Gasteiger partial charge in [0.25, 0.3) is 0 Å². The predicted molar refractivity (Wildman–Crippen MR) is 76.3 cm³/mol. The monoisotopic (exact) mass is 278 g/mol. The van der Waals surface area contributed by atoms with Crippen molar-refractivity contribution in [1.82, 2.24) is 9.88 Å². The molecule has 6 heteroatoms. The van der Waals surface area contributed by atoms with Gasteiger partial charge in [0.1, 0.15) is 5.82 Å². The summed E-state index contributed by atoms with van der Waals surface area (Å²) in [7, 11) is 2.15. The normalized spacial score (nSPS) is 16.0. The summed E-state index contributed by atoms with van der Waals surface area (Å²) in [5.41, 5.74) is 6.85. The lowest BCUT2D eigenvalue weighted by molar-refractivity contribution is 0.312. The Morgan fingerprint density at radius 3 is 2.47 bits per heavy atom. The summed E-state index contributed by atoms with van der Waals surface area (Å²) in [6.07, 6.45) is 1.84. The van der Waals surface area contributed by atoms with Crippen LogP contribution in [-0.2, 0) is 6.54 Å². The van der Waals surface area contributed by atoms with Crippen LogP contribution < -0.4 is 10.6 Å². The number of piperazine rings is 1. The molecule has 0 radical (unpaired) electrons.